The summed E-state index contributed by atoms with van der Waals surface area (Å²) in [5.74, 6) is -0.111. The minimum Gasteiger partial charge on any atom is -0.444 e. The Kier molecular flexibility index (Phi) is 10.8. The molecule has 3 aliphatic rings. The lowest BCUT2D eigenvalue weighted by atomic mass is 9.87. The topological polar surface area (TPSA) is 138 Å². The molecule has 220 valence electrons. The first-order chi connectivity index (χ1) is 17.8. The first kappa shape index (κ1) is 31.4. The number of fused-ring (bicyclic) bond motifs is 1. The smallest absolute Gasteiger partial charge is 0.411 e. The highest BCUT2D eigenvalue weighted by molar-refractivity contribution is 7.99. The summed E-state index contributed by atoms with van der Waals surface area (Å²) in [4.78, 5) is 28.7. The fourth-order valence-electron chi connectivity index (χ4n) is 5.97. The first-order valence-electron chi connectivity index (χ1n) is 13.9. The van der Waals surface area contributed by atoms with Crippen LogP contribution in [0.15, 0.2) is 0 Å². The van der Waals surface area contributed by atoms with E-state index >= 15 is 0 Å². The number of likely N-dealkylation sites (tertiary alicyclic amines) is 1. The summed E-state index contributed by atoms with van der Waals surface area (Å²) in [5, 5.41) is 34.6. The Morgan fingerprint density at radius 1 is 1.16 bits per heavy atom. The van der Waals surface area contributed by atoms with Crippen LogP contribution in [0.4, 0.5) is 4.79 Å². The van der Waals surface area contributed by atoms with E-state index in [2.05, 4.69) is 12.2 Å². The molecule has 2 amide bonds. The van der Waals surface area contributed by atoms with Gasteiger partial charge in [-0.25, -0.2) is 4.79 Å². The Morgan fingerprint density at radius 3 is 2.42 bits per heavy atom. The number of hydrogen-bond acceptors (Lipinski definition) is 9. The van der Waals surface area contributed by atoms with E-state index in [-0.39, 0.29) is 11.8 Å². The van der Waals surface area contributed by atoms with E-state index in [0.29, 0.717) is 19.1 Å². The fraction of sp³-hybridized carbons (Fsp3) is 0.926. The maximum absolute atomic E-state index is 14.0. The van der Waals surface area contributed by atoms with Gasteiger partial charge in [0.25, 0.3) is 0 Å². The highest BCUT2D eigenvalue weighted by Crippen LogP contribution is 2.38. The molecule has 0 bridgehead atoms. The SMILES string of the molecule is CCC[C@@H]1CCO[C@@H]2[C@@H](C1)CN(C(=O)OC(C)(C)C)[C@@H]2C(=O)N[C@H](C(C)C)[C@H]1OC(SC)[C@H](O)C(O)C1O. The van der Waals surface area contributed by atoms with Crippen molar-refractivity contribution < 1.29 is 39.1 Å². The van der Waals surface area contributed by atoms with Crippen LogP contribution in [0, 0.1) is 17.8 Å². The Labute approximate surface area is 231 Å². The van der Waals surface area contributed by atoms with Gasteiger partial charge in [-0.1, -0.05) is 33.6 Å². The molecule has 3 rings (SSSR count). The Bertz CT molecular complexity index is 806. The Hall–Kier alpha value is -1.11. The van der Waals surface area contributed by atoms with Gasteiger partial charge in [0.1, 0.15) is 41.5 Å². The molecular weight excluding hydrogens is 512 g/mol. The van der Waals surface area contributed by atoms with Crippen LogP contribution in [-0.2, 0) is 19.0 Å². The average molecular weight is 561 g/mol. The predicted octanol–water partition coefficient (Wildman–Crippen LogP) is 2.13. The average Bonchev–Trinajstić information content (AvgIpc) is 3.07. The largest absolute Gasteiger partial charge is 0.444 e. The second-order valence-electron chi connectivity index (χ2n) is 12.3. The van der Waals surface area contributed by atoms with Gasteiger partial charge in [0.05, 0.1) is 12.1 Å². The molecule has 4 N–H and O–H groups in total. The van der Waals surface area contributed by atoms with Crippen molar-refractivity contribution in [2.24, 2.45) is 17.8 Å². The fourth-order valence-corrected chi connectivity index (χ4v) is 6.65. The van der Waals surface area contributed by atoms with Crippen molar-refractivity contribution in [3.8, 4) is 0 Å². The second-order valence-corrected chi connectivity index (χ2v) is 13.2. The minimum atomic E-state index is -1.42. The normalized spacial score (nSPS) is 36.9. The summed E-state index contributed by atoms with van der Waals surface area (Å²) in [6, 6.07) is -1.59. The summed E-state index contributed by atoms with van der Waals surface area (Å²) in [7, 11) is 0. The molecule has 0 aliphatic carbocycles. The summed E-state index contributed by atoms with van der Waals surface area (Å²) in [6.45, 7) is 12.2. The van der Waals surface area contributed by atoms with E-state index in [1.807, 2.05) is 13.8 Å². The molecule has 0 saturated carbocycles. The Balaban J connectivity index is 1.87. The lowest BCUT2D eigenvalue weighted by Gasteiger charge is -2.44. The number of ether oxygens (including phenoxy) is 3. The number of nitrogens with one attached hydrogen (secondary N) is 1. The number of thioether (sulfide) groups is 1. The molecule has 11 heteroatoms. The number of carbonyl (C=O) groups is 2. The van der Waals surface area contributed by atoms with Gasteiger partial charge in [-0.05, 0) is 51.7 Å². The summed E-state index contributed by atoms with van der Waals surface area (Å²) in [6.07, 6.45) is -0.370. The zero-order chi connectivity index (χ0) is 28.4. The highest BCUT2D eigenvalue weighted by atomic mass is 32.2. The highest BCUT2D eigenvalue weighted by Gasteiger charge is 2.53. The molecule has 10 atom stereocenters. The van der Waals surface area contributed by atoms with Gasteiger partial charge in [0, 0.05) is 19.1 Å². The maximum atomic E-state index is 14.0. The van der Waals surface area contributed by atoms with Crippen LogP contribution in [0.5, 0.6) is 0 Å². The quantitative estimate of drug-likeness (QED) is 0.369. The van der Waals surface area contributed by atoms with Crippen LogP contribution in [0.25, 0.3) is 0 Å². The van der Waals surface area contributed by atoms with Gasteiger partial charge >= 0.3 is 6.09 Å². The lowest BCUT2D eigenvalue weighted by Crippen LogP contribution is -2.65. The summed E-state index contributed by atoms with van der Waals surface area (Å²) >= 11 is 1.22. The number of nitrogens with zero attached hydrogens (tertiary/aromatic N) is 1. The third kappa shape index (κ3) is 7.14. The molecule has 0 aromatic heterocycles. The van der Waals surface area contributed by atoms with E-state index in [4.69, 9.17) is 14.2 Å². The van der Waals surface area contributed by atoms with E-state index in [9.17, 15) is 24.9 Å². The molecule has 3 saturated heterocycles. The van der Waals surface area contributed by atoms with E-state index in [0.717, 1.165) is 25.7 Å². The molecule has 0 aromatic rings. The number of aliphatic hydroxyl groups excluding tert-OH is 3. The van der Waals surface area contributed by atoms with Gasteiger partial charge in [-0.15, -0.1) is 11.8 Å². The van der Waals surface area contributed by atoms with Crippen LogP contribution in [-0.4, -0.2) is 105 Å². The number of carbonyl (C=O) groups excluding carboxylic acids is 2. The second kappa shape index (κ2) is 13.0. The van der Waals surface area contributed by atoms with Gasteiger partial charge in [-0.3, -0.25) is 9.69 Å². The third-order valence-electron chi connectivity index (χ3n) is 7.83. The van der Waals surface area contributed by atoms with Gasteiger partial charge in [0.2, 0.25) is 5.91 Å². The molecule has 3 heterocycles. The maximum Gasteiger partial charge on any atom is 0.411 e. The molecule has 10 nitrogen and oxygen atoms in total. The Morgan fingerprint density at radius 2 is 1.84 bits per heavy atom. The van der Waals surface area contributed by atoms with E-state index in [1.165, 1.54) is 16.7 Å². The number of amides is 2. The monoisotopic (exact) mass is 560 g/mol. The first-order valence-corrected chi connectivity index (χ1v) is 15.2. The molecule has 3 unspecified atom stereocenters. The molecule has 0 radical (unpaired) electrons. The van der Waals surface area contributed by atoms with Gasteiger partial charge in [0.15, 0.2) is 0 Å². The zero-order valence-electron chi connectivity index (χ0n) is 23.8. The lowest BCUT2D eigenvalue weighted by molar-refractivity contribution is -0.208. The minimum absolute atomic E-state index is 0.00387. The van der Waals surface area contributed by atoms with E-state index in [1.54, 1.807) is 27.0 Å². The van der Waals surface area contributed by atoms with Gasteiger partial charge in [-0.2, -0.15) is 0 Å². The van der Waals surface area contributed by atoms with Crippen molar-refractivity contribution in [1.82, 2.24) is 10.2 Å². The standard InChI is InChI=1S/C27H48N2O8S/c1-8-9-15-10-11-35-22-16(12-15)13-29(26(34)37-27(4,5)6)18(22)24(33)28-17(14(2)3)23-20(31)19(30)21(32)25(36-23)38-7/h14-23,25,30-32H,8-13H2,1-7H3,(H,28,33)/t15-,16+,17-,18+,19?,20?,21-,22-,23-,25?/m1/s1. The molecule has 3 fully saturated rings. The molecule has 0 aromatic carbocycles. The van der Waals surface area contributed by atoms with Crippen LogP contribution in [0.3, 0.4) is 0 Å². The predicted molar refractivity (Wildman–Crippen MR) is 145 cm³/mol. The van der Waals surface area contributed by atoms with Crippen LogP contribution < -0.4 is 5.32 Å². The van der Waals surface area contributed by atoms with Crippen molar-refractivity contribution in [1.29, 1.82) is 0 Å². The summed E-state index contributed by atoms with van der Waals surface area (Å²) in [5.41, 5.74) is -1.48. The molecule has 3 aliphatic heterocycles. The molecule has 38 heavy (non-hydrogen) atoms. The van der Waals surface area contributed by atoms with Crippen molar-refractivity contribution in [3.05, 3.63) is 0 Å². The van der Waals surface area contributed by atoms with Gasteiger partial charge < -0.3 is 34.8 Å². The zero-order valence-corrected chi connectivity index (χ0v) is 24.6. The van der Waals surface area contributed by atoms with E-state index < -0.39 is 65.6 Å². The number of hydrogen-bond donors (Lipinski definition) is 4. The summed E-state index contributed by atoms with van der Waals surface area (Å²) < 4.78 is 17.9. The van der Waals surface area contributed by atoms with Crippen LogP contribution in [0.2, 0.25) is 0 Å². The van der Waals surface area contributed by atoms with Crippen molar-refractivity contribution in [2.45, 2.75) is 121 Å². The van der Waals surface area contributed by atoms with Crippen molar-refractivity contribution in [3.63, 3.8) is 0 Å². The molecular formula is C27H48N2O8S. The van der Waals surface area contributed by atoms with Crippen molar-refractivity contribution in [2.75, 3.05) is 19.4 Å². The van der Waals surface area contributed by atoms with Crippen molar-refractivity contribution >= 4 is 23.8 Å². The number of rotatable bonds is 7. The molecule has 0 spiro atoms. The third-order valence-corrected chi connectivity index (χ3v) is 8.68. The van der Waals surface area contributed by atoms with Crippen LogP contribution >= 0.6 is 11.8 Å². The number of aliphatic hydroxyl groups is 3. The van der Waals surface area contributed by atoms with Crippen LogP contribution in [0.1, 0.15) is 67.2 Å².